The third-order valence-electron chi connectivity index (χ3n) is 2.73. The Bertz CT molecular complexity index is 453. The first-order valence-electron chi connectivity index (χ1n) is 5.76. The lowest BCUT2D eigenvalue weighted by molar-refractivity contribution is 0.510. The summed E-state index contributed by atoms with van der Waals surface area (Å²) in [5.41, 5.74) is 1.30. The molecule has 1 heterocycles. The summed E-state index contributed by atoms with van der Waals surface area (Å²) < 4.78 is 1.12. The van der Waals surface area contributed by atoms with Crippen LogP contribution < -0.4 is 5.32 Å². The van der Waals surface area contributed by atoms with Crippen molar-refractivity contribution in [3.8, 4) is 0 Å². The first-order valence-corrected chi connectivity index (χ1v) is 6.56. The zero-order valence-electron chi connectivity index (χ0n) is 9.78. The molecular formula is C13H16BrN3. The van der Waals surface area contributed by atoms with Crippen molar-refractivity contribution in [2.75, 3.05) is 0 Å². The first-order chi connectivity index (χ1) is 8.29. The zero-order chi connectivity index (χ0) is 12.1. The van der Waals surface area contributed by atoms with Gasteiger partial charge in [-0.3, -0.25) is 0 Å². The van der Waals surface area contributed by atoms with Crippen LogP contribution in [0.1, 0.15) is 30.8 Å². The topological polar surface area (TPSA) is 40.7 Å². The highest BCUT2D eigenvalue weighted by molar-refractivity contribution is 9.10. The van der Waals surface area contributed by atoms with E-state index in [1.165, 1.54) is 5.56 Å². The van der Waals surface area contributed by atoms with E-state index in [4.69, 9.17) is 0 Å². The van der Waals surface area contributed by atoms with Crippen molar-refractivity contribution in [1.29, 1.82) is 0 Å². The van der Waals surface area contributed by atoms with Crippen LogP contribution >= 0.6 is 15.9 Å². The van der Waals surface area contributed by atoms with E-state index in [-0.39, 0.29) is 0 Å². The van der Waals surface area contributed by atoms with Gasteiger partial charge in [-0.1, -0.05) is 35.0 Å². The van der Waals surface area contributed by atoms with Crippen LogP contribution in [0.3, 0.4) is 0 Å². The summed E-state index contributed by atoms with van der Waals surface area (Å²) in [6.45, 7) is 2.94. The van der Waals surface area contributed by atoms with Crippen LogP contribution in [0.2, 0.25) is 0 Å². The summed E-state index contributed by atoms with van der Waals surface area (Å²) in [7, 11) is 0. The number of nitrogens with zero attached hydrogens (tertiary/aromatic N) is 1. The molecule has 0 saturated heterocycles. The second-order valence-corrected chi connectivity index (χ2v) is 4.85. The number of aromatic amines is 1. The smallest absolute Gasteiger partial charge is 0.120 e. The molecule has 4 heteroatoms. The van der Waals surface area contributed by atoms with Gasteiger partial charge in [-0.15, -0.1) is 0 Å². The Balaban J connectivity index is 2.01. The SMILES string of the molecule is CCC(NCc1ncc[nH]1)c1cccc(Br)c1. The second-order valence-electron chi connectivity index (χ2n) is 3.93. The maximum atomic E-state index is 4.21. The first kappa shape index (κ1) is 12.3. The third-order valence-corrected chi connectivity index (χ3v) is 3.22. The van der Waals surface area contributed by atoms with Crippen LogP contribution in [0.4, 0.5) is 0 Å². The summed E-state index contributed by atoms with van der Waals surface area (Å²) in [6, 6.07) is 8.77. The number of nitrogens with one attached hydrogen (secondary N) is 2. The molecule has 2 aromatic rings. The van der Waals surface area contributed by atoms with Crippen molar-refractivity contribution in [2.45, 2.75) is 25.9 Å². The lowest BCUT2D eigenvalue weighted by Crippen LogP contribution is -2.20. The quantitative estimate of drug-likeness (QED) is 0.887. The molecule has 1 aromatic heterocycles. The van der Waals surface area contributed by atoms with E-state index < -0.39 is 0 Å². The highest BCUT2D eigenvalue weighted by Gasteiger charge is 2.09. The Labute approximate surface area is 110 Å². The summed E-state index contributed by atoms with van der Waals surface area (Å²) in [4.78, 5) is 7.30. The predicted molar refractivity (Wildman–Crippen MR) is 72.6 cm³/mol. The van der Waals surface area contributed by atoms with Gasteiger partial charge in [0.15, 0.2) is 0 Å². The van der Waals surface area contributed by atoms with Crippen LogP contribution in [0.5, 0.6) is 0 Å². The van der Waals surface area contributed by atoms with E-state index in [9.17, 15) is 0 Å². The molecule has 17 heavy (non-hydrogen) atoms. The molecular weight excluding hydrogens is 278 g/mol. The molecule has 0 aliphatic carbocycles. The molecule has 0 amide bonds. The number of benzene rings is 1. The summed E-state index contributed by atoms with van der Waals surface area (Å²) in [5.74, 6) is 0.971. The molecule has 2 N–H and O–H groups in total. The van der Waals surface area contributed by atoms with Gasteiger partial charge < -0.3 is 10.3 Å². The standard InChI is InChI=1S/C13H16BrN3/c1-2-12(10-4-3-5-11(14)8-10)17-9-13-15-6-7-16-13/h3-8,12,17H,2,9H2,1H3,(H,15,16). The second kappa shape index (κ2) is 5.98. The Kier molecular flexibility index (Phi) is 4.34. The minimum Gasteiger partial charge on any atom is -0.348 e. The fourth-order valence-electron chi connectivity index (χ4n) is 1.84. The molecule has 3 nitrogen and oxygen atoms in total. The number of halogens is 1. The number of rotatable bonds is 5. The molecule has 2 rings (SSSR count). The average molecular weight is 294 g/mol. The van der Waals surface area contributed by atoms with E-state index in [0.717, 1.165) is 23.3 Å². The number of hydrogen-bond acceptors (Lipinski definition) is 2. The van der Waals surface area contributed by atoms with Crippen molar-refractivity contribution in [3.05, 3.63) is 52.5 Å². The largest absolute Gasteiger partial charge is 0.348 e. The van der Waals surface area contributed by atoms with Gasteiger partial charge in [0.2, 0.25) is 0 Å². The van der Waals surface area contributed by atoms with Crippen LogP contribution in [-0.4, -0.2) is 9.97 Å². The summed E-state index contributed by atoms with van der Waals surface area (Å²) >= 11 is 3.50. The van der Waals surface area contributed by atoms with E-state index in [2.05, 4.69) is 56.3 Å². The van der Waals surface area contributed by atoms with Gasteiger partial charge in [0.25, 0.3) is 0 Å². The molecule has 0 spiro atoms. The molecule has 1 atom stereocenters. The zero-order valence-corrected chi connectivity index (χ0v) is 11.4. The fourth-order valence-corrected chi connectivity index (χ4v) is 2.25. The van der Waals surface area contributed by atoms with Gasteiger partial charge in [-0.05, 0) is 24.1 Å². The van der Waals surface area contributed by atoms with Gasteiger partial charge in [0.1, 0.15) is 5.82 Å². The Morgan fingerprint density at radius 2 is 2.35 bits per heavy atom. The summed E-state index contributed by atoms with van der Waals surface area (Å²) in [5, 5.41) is 3.50. The maximum Gasteiger partial charge on any atom is 0.120 e. The van der Waals surface area contributed by atoms with Crippen LogP contribution in [0.25, 0.3) is 0 Å². The molecule has 0 saturated carbocycles. The molecule has 1 unspecified atom stereocenters. The van der Waals surface area contributed by atoms with Gasteiger partial charge in [-0.25, -0.2) is 4.98 Å². The highest BCUT2D eigenvalue weighted by Crippen LogP contribution is 2.20. The van der Waals surface area contributed by atoms with E-state index >= 15 is 0 Å². The Hall–Kier alpha value is -1.13. The lowest BCUT2D eigenvalue weighted by Gasteiger charge is -2.17. The number of aromatic nitrogens is 2. The molecule has 90 valence electrons. The Morgan fingerprint density at radius 1 is 1.47 bits per heavy atom. The number of hydrogen-bond donors (Lipinski definition) is 2. The van der Waals surface area contributed by atoms with Crippen LogP contribution in [0.15, 0.2) is 41.1 Å². The lowest BCUT2D eigenvalue weighted by atomic mass is 10.0. The number of H-pyrrole nitrogens is 1. The van der Waals surface area contributed by atoms with Gasteiger partial charge >= 0.3 is 0 Å². The summed E-state index contributed by atoms with van der Waals surface area (Å²) in [6.07, 6.45) is 4.67. The maximum absolute atomic E-state index is 4.21. The van der Waals surface area contributed by atoms with E-state index in [1.807, 2.05) is 12.3 Å². The van der Waals surface area contributed by atoms with Crippen molar-refractivity contribution in [1.82, 2.24) is 15.3 Å². The van der Waals surface area contributed by atoms with Crippen molar-refractivity contribution >= 4 is 15.9 Å². The predicted octanol–water partition coefficient (Wildman–Crippen LogP) is 3.41. The van der Waals surface area contributed by atoms with E-state index in [1.54, 1.807) is 6.20 Å². The van der Waals surface area contributed by atoms with Gasteiger partial charge in [0, 0.05) is 22.9 Å². The van der Waals surface area contributed by atoms with Gasteiger partial charge in [0.05, 0.1) is 6.54 Å². The average Bonchev–Trinajstić information content (AvgIpc) is 2.83. The van der Waals surface area contributed by atoms with Crippen molar-refractivity contribution in [3.63, 3.8) is 0 Å². The van der Waals surface area contributed by atoms with E-state index in [0.29, 0.717) is 6.04 Å². The number of imidazole rings is 1. The monoisotopic (exact) mass is 293 g/mol. The molecule has 0 aliphatic rings. The minimum absolute atomic E-state index is 0.359. The van der Waals surface area contributed by atoms with Crippen LogP contribution in [-0.2, 0) is 6.54 Å². The van der Waals surface area contributed by atoms with Crippen molar-refractivity contribution < 1.29 is 0 Å². The minimum atomic E-state index is 0.359. The van der Waals surface area contributed by atoms with Gasteiger partial charge in [-0.2, -0.15) is 0 Å². The third kappa shape index (κ3) is 3.41. The molecule has 0 aliphatic heterocycles. The molecule has 1 aromatic carbocycles. The Morgan fingerprint density at radius 3 is 3.00 bits per heavy atom. The molecule has 0 bridgehead atoms. The molecule has 0 fully saturated rings. The normalized spacial score (nSPS) is 12.6. The van der Waals surface area contributed by atoms with Crippen molar-refractivity contribution in [2.24, 2.45) is 0 Å². The highest BCUT2D eigenvalue weighted by atomic mass is 79.9. The fraction of sp³-hybridized carbons (Fsp3) is 0.308. The van der Waals surface area contributed by atoms with Crippen LogP contribution in [0, 0.1) is 0 Å². The molecule has 0 radical (unpaired) electrons.